The Morgan fingerprint density at radius 2 is 1.90 bits per heavy atom. The zero-order valence-electron chi connectivity index (χ0n) is 12.8. The molecule has 6 nitrogen and oxygen atoms in total. The first-order valence-corrected chi connectivity index (χ1v) is 7.81. The summed E-state index contributed by atoms with van der Waals surface area (Å²) in [6.07, 6.45) is 3.74. The number of nitrogens with zero attached hydrogens (tertiary/aromatic N) is 1. The summed E-state index contributed by atoms with van der Waals surface area (Å²) in [4.78, 5) is 24.7. The molecule has 0 unspecified atom stereocenters. The van der Waals surface area contributed by atoms with Gasteiger partial charge in [0.25, 0.3) is 0 Å². The van der Waals surface area contributed by atoms with Crippen LogP contribution < -0.4 is 5.32 Å². The molecular formula is C15H26N2O4. The van der Waals surface area contributed by atoms with Crippen molar-refractivity contribution < 1.29 is 19.4 Å². The summed E-state index contributed by atoms with van der Waals surface area (Å²) < 4.78 is 5.36. The Bertz CT molecular complexity index is 372. The Balaban J connectivity index is 1.71. The van der Waals surface area contributed by atoms with Crippen LogP contribution in [-0.4, -0.2) is 54.9 Å². The number of likely N-dealkylation sites (tertiary alicyclic amines) is 1. The Morgan fingerprint density at radius 3 is 2.48 bits per heavy atom. The molecule has 2 heterocycles. The van der Waals surface area contributed by atoms with Crippen molar-refractivity contribution in [3.63, 3.8) is 0 Å². The van der Waals surface area contributed by atoms with Crippen LogP contribution in [0.2, 0.25) is 0 Å². The molecule has 0 saturated carbocycles. The van der Waals surface area contributed by atoms with Crippen LogP contribution in [0, 0.1) is 11.3 Å². The van der Waals surface area contributed by atoms with Crippen LogP contribution >= 0.6 is 0 Å². The minimum Gasteiger partial charge on any atom is -0.481 e. The van der Waals surface area contributed by atoms with Crippen LogP contribution in [0.25, 0.3) is 0 Å². The van der Waals surface area contributed by atoms with Crippen molar-refractivity contribution in [2.45, 2.75) is 39.0 Å². The monoisotopic (exact) mass is 298 g/mol. The fourth-order valence-electron chi connectivity index (χ4n) is 3.03. The maximum atomic E-state index is 12.2. The number of hydrogen-bond donors (Lipinski definition) is 2. The minimum absolute atomic E-state index is 0.0171. The molecule has 0 aromatic rings. The van der Waals surface area contributed by atoms with E-state index in [1.54, 1.807) is 4.90 Å². The number of rotatable bonds is 4. The predicted molar refractivity (Wildman–Crippen MR) is 78.1 cm³/mol. The highest BCUT2D eigenvalue weighted by atomic mass is 16.5. The van der Waals surface area contributed by atoms with E-state index in [4.69, 9.17) is 9.84 Å². The van der Waals surface area contributed by atoms with E-state index in [-0.39, 0.29) is 23.8 Å². The summed E-state index contributed by atoms with van der Waals surface area (Å²) in [7, 11) is 0. The fourth-order valence-corrected chi connectivity index (χ4v) is 3.03. The van der Waals surface area contributed by atoms with Gasteiger partial charge in [-0.3, -0.25) is 4.79 Å². The average Bonchev–Trinajstić information content (AvgIpc) is 2.46. The maximum Gasteiger partial charge on any atom is 0.317 e. The smallest absolute Gasteiger partial charge is 0.317 e. The molecule has 0 spiro atoms. The summed E-state index contributed by atoms with van der Waals surface area (Å²) in [6.45, 7) is 5.73. The summed E-state index contributed by atoms with van der Waals surface area (Å²) in [5, 5.41) is 11.8. The summed E-state index contributed by atoms with van der Waals surface area (Å²) >= 11 is 0. The zero-order valence-corrected chi connectivity index (χ0v) is 12.8. The van der Waals surface area contributed by atoms with E-state index in [0.717, 1.165) is 38.9 Å². The largest absolute Gasteiger partial charge is 0.481 e. The quantitative estimate of drug-likeness (QED) is 0.828. The highest BCUT2D eigenvalue weighted by Gasteiger charge is 2.29. The van der Waals surface area contributed by atoms with Gasteiger partial charge in [0.1, 0.15) is 0 Å². The zero-order chi connectivity index (χ0) is 15.3. The molecule has 0 aromatic carbocycles. The lowest BCUT2D eigenvalue weighted by Crippen LogP contribution is -2.48. The molecule has 21 heavy (non-hydrogen) atoms. The van der Waals surface area contributed by atoms with Gasteiger partial charge in [-0.2, -0.15) is 0 Å². The van der Waals surface area contributed by atoms with Crippen molar-refractivity contribution in [3.8, 4) is 0 Å². The van der Waals surface area contributed by atoms with Crippen molar-refractivity contribution in [2.24, 2.45) is 11.3 Å². The number of nitrogens with one attached hydrogen (secondary N) is 1. The number of carbonyl (C=O) groups is 2. The third-order valence-electron chi connectivity index (χ3n) is 4.73. The molecule has 2 fully saturated rings. The van der Waals surface area contributed by atoms with E-state index in [9.17, 15) is 9.59 Å². The summed E-state index contributed by atoms with van der Waals surface area (Å²) in [5.74, 6) is -0.537. The molecule has 120 valence electrons. The van der Waals surface area contributed by atoms with Crippen molar-refractivity contribution in [3.05, 3.63) is 0 Å². The lowest BCUT2D eigenvalue weighted by atomic mass is 9.82. The second-order valence-corrected chi connectivity index (χ2v) is 6.61. The number of hydrogen-bond acceptors (Lipinski definition) is 3. The molecule has 2 N–H and O–H groups in total. The average molecular weight is 298 g/mol. The number of urea groups is 1. The van der Waals surface area contributed by atoms with E-state index < -0.39 is 5.97 Å². The van der Waals surface area contributed by atoms with Crippen molar-refractivity contribution in [1.82, 2.24) is 10.2 Å². The van der Waals surface area contributed by atoms with Crippen molar-refractivity contribution >= 4 is 12.0 Å². The first kappa shape index (κ1) is 16.1. The Morgan fingerprint density at radius 1 is 1.29 bits per heavy atom. The van der Waals surface area contributed by atoms with Crippen LogP contribution in [-0.2, 0) is 9.53 Å². The number of carboxylic acid groups (broad SMARTS) is 1. The molecule has 0 atom stereocenters. The Labute approximate surface area is 125 Å². The third kappa shape index (κ3) is 4.88. The van der Waals surface area contributed by atoms with Gasteiger partial charge in [0.2, 0.25) is 0 Å². The summed E-state index contributed by atoms with van der Waals surface area (Å²) in [6, 6.07) is -0.0171. The molecule has 0 radical (unpaired) electrons. The van der Waals surface area contributed by atoms with Gasteiger partial charge in [-0.05, 0) is 37.0 Å². The van der Waals surface area contributed by atoms with E-state index >= 15 is 0 Å². The van der Waals surface area contributed by atoms with Crippen molar-refractivity contribution in [2.75, 3.05) is 32.8 Å². The SMILES string of the molecule is CC1(CNC(=O)N2CCC(CC(=O)O)CC2)CCOCC1. The van der Waals surface area contributed by atoms with Crippen LogP contribution in [0.5, 0.6) is 0 Å². The van der Waals surface area contributed by atoms with Crippen LogP contribution in [0.1, 0.15) is 39.0 Å². The lowest BCUT2D eigenvalue weighted by Gasteiger charge is -2.36. The van der Waals surface area contributed by atoms with Crippen LogP contribution in [0.4, 0.5) is 4.79 Å². The van der Waals surface area contributed by atoms with Gasteiger partial charge in [-0.1, -0.05) is 6.92 Å². The second-order valence-electron chi connectivity index (χ2n) is 6.61. The first-order valence-electron chi connectivity index (χ1n) is 7.81. The molecule has 2 saturated heterocycles. The highest BCUT2D eigenvalue weighted by molar-refractivity contribution is 5.74. The van der Waals surface area contributed by atoms with E-state index in [1.165, 1.54) is 0 Å². The molecule has 2 aliphatic heterocycles. The molecule has 2 amide bonds. The number of carbonyl (C=O) groups excluding carboxylic acids is 1. The number of amides is 2. The Kier molecular flexibility index (Phi) is 5.45. The van der Waals surface area contributed by atoms with Gasteiger partial charge in [-0.15, -0.1) is 0 Å². The molecule has 0 aromatic heterocycles. The van der Waals surface area contributed by atoms with Crippen molar-refractivity contribution in [1.29, 1.82) is 0 Å². The first-order chi connectivity index (χ1) is 9.98. The van der Waals surface area contributed by atoms with E-state index in [1.807, 2.05) is 0 Å². The van der Waals surface area contributed by atoms with E-state index in [0.29, 0.717) is 19.6 Å². The third-order valence-corrected chi connectivity index (χ3v) is 4.73. The molecule has 2 aliphatic rings. The van der Waals surface area contributed by atoms with E-state index in [2.05, 4.69) is 12.2 Å². The lowest BCUT2D eigenvalue weighted by molar-refractivity contribution is -0.138. The second kappa shape index (κ2) is 7.11. The van der Waals surface area contributed by atoms with Gasteiger partial charge < -0.3 is 20.1 Å². The molecule has 0 aliphatic carbocycles. The van der Waals surface area contributed by atoms with Gasteiger partial charge in [0.15, 0.2) is 0 Å². The summed E-state index contributed by atoms with van der Waals surface area (Å²) in [5.41, 5.74) is 0.134. The Hall–Kier alpha value is -1.30. The number of ether oxygens (including phenoxy) is 1. The number of piperidine rings is 1. The minimum atomic E-state index is -0.745. The molecule has 0 bridgehead atoms. The number of carboxylic acids is 1. The highest BCUT2D eigenvalue weighted by Crippen LogP contribution is 2.28. The number of aliphatic carboxylic acids is 1. The van der Waals surface area contributed by atoms with Crippen LogP contribution in [0.3, 0.4) is 0 Å². The molecule has 6 heteroatoms. The van der Waals surface area contributed by atoms with Gasteiger partial charge in [0.05, 0.1) is 0 Å². The van der Waals surface area contributed by atoms with Gasteiger partial charge in [-0.25, -0.2) is 4.79 Å². The molecular weight excluding hydrogens is 272 g/mol. The topological polar surface area (TPSA) is 78.9 Å². The fraction of sp³-hybridized carbons (Fsp3) is 0.867. The standard InChI is InChI=1S/C15H26N2O4/c1-15(4-8-21-9-5-15)11-16-14(20)17-6-2-12(3-7-17)10-13(18)19/h12H,2-11H2,1H3,(H,16,20)(H,18,19). The normalized spacial score (nSPS) is 22.8. The van der Waals surface area contributed by atoms with Gasteiger partial charge in [0, 0.05) is 39.3 Å². The molecule has 2 rings (SSSR count). The maximum absolute atomic E-state index is 12.2. The van der Waals surface area contributed by atoms with Gasteiger partial charge >= 0.3 is 12.0 Å². The van der Waals surface area contributed by atoms with Crippen LogP contribution in [0.15, 0.2) is 0 Å². The predicted octanol–water partition coefficient (Wildman–Crippen LogP) is 1.70.